The quantitative estimate of drug-likeness (QED) is 0.753. The van der Waals surface area contributed by atoms with Gasteiger partial charge in [0, 0.05) is 6.42 Å². The van der Waals surface area contributed by atoms with E-state index < -0.39 is 0 Å². The molecule has 1 atom stereocenters. The molecule has 3 rings (SSSR count). The van der Waals surface area contributed by atoms with E-state index in [0.717, 1.165) is 29.0 Å². The molecule has 16 heavy (non-hydrogen) atoms. The molecule has 1 aliphatic heterocycles. The van der Waals surface area contributed by atoms with Crippen LogP contribution in [0.1, 0.15) is 12.2 Å². The Morgan fingerprint density at radius 1 is 1.31 bits per heavy atom. The Kier molecular flexibility index (Phi) is 2.08. The van der Waals surface area contributed by atoms with Crippen LogP contribution < -0.4 is 5.73 Å². The fourth-order valence-corrected chi connectivity index (χ4v) is 1.81. The molecule has 0 radical (unpaired) electrons. The predicted octanol–water partition coefficient (Wildman–Crippen LogP) is 1.60. The summed E-state index contributed by atoms with van der Waals surface area (Å²) in [5, 5.41) is 0. The van der Waals surface area contributed by atoms with E-state index in [1.807, 2.05) is 36.4 Å². The minimum atomic E-state index is -0.145. The number of para-hydroxylation sites is 2. The van der Waals surface area contributed by atoms with Crippen molar-refractivity contribution < 1.29 is 0 Å². The van der Waals surface area contributed by atoms with Gasteiger partial charge >= 0.3 is 0 Å². The number of rotatable bonds is 1. The van der Waals surface area contributed by atoms with Gasteiger partial charge in [0.25, 0.3) is 0 Å². The van der Waals surface area contributed by atoms with Crippen LogP contribution in [-0.2, 0) is 0 Å². The topological polar surface area (TPSA) is 67.1 Å². The number of nitrogens with zero attached hydrogens (tertiary/aromatic N) is 2. The summed E-state index contributed by atoms with van der Waals surface area (Å²) in [6.07, 6.45) is 4.64. The zero-order valence-electron chi connectivity index (χ0n) is 8.72. The lowest BCUT2D eigenvalue weighted by Gasteiger charge is -2.09. The predicted molar refractivity (Wildman–Crippen MR) is 64.4 cm³/mol. The van der Waals surface area contributed by atoms with Gasteiger partial charge in [-0.15, -0.1) is 0 Å². The molecule has 0 bridgehead atoms. The van der Waals surface area contributed by atoms with Crippen LogP contribution in [-0.4, -0.2) is 21.8 Å². The third-order valence-corrected chi connectivity index (χ3v) is 2.59. The summed E-state index contributed by atoms with van der Waals surface area (Å²) < 4.78 is 0. The third kappa shape index (κ3) is 1.53. The molecule has 4 nitrogen and oxygen atoms in total. The van der Waals surface area contributed by atoms with Crippen molar-refractivity contribution in [1.82, 2.24) is 9.97 Å². The highest BCUT2D eigenvalue weighted by Gasteiger charge is 2.11. The Morgan fingerprint density at radius 2 is 2.19 bits per heavy atom. The molecule has 0 spiro atoms. The van der Waals surface area contributed by atoms with E-state index in [2.05, 4.69) is 15.0 Å². The number of dihydropyridines is 1. The minimum Gasteiger partial charge on any atom is -0.337 e. The molecule has 1 unspecified atom stereocenters. The third-order valence-electron chi connectivity index (χ3n) is 2.59. The summed E-state index contributed by atoms with van der Waals surface area (Å²) in [5.41, 5.74) is 8.58. The van der Waals surface area contributed by atoms with Gasteiger partial charge in [-0.3, -0.25) is 4.99 Å². The molecule has 2 aromatic rings. The number of imidazole rings is 1. The van der Waals surface area contributed by atoms with E-state index in [0.29, 0.717) is 0 Å². The monoisotopic (exact) mass is 212 g/mol. The molecule has 3 N–H and O–H groups in total. The Hall–Kier alpha value is -1.94. The van der Waals surface area contributed by atoms with E-state index in [1.165, 1.54) is 0 Å². The smallest absolute Gasteiger partial charge is 0.156 e. The van der Waals surface area contributed by atoms with E-state index in [4.69, 9.17) is 5.73 Å². The van der Waals surface area contributed by atoms with Crippen molar-refractivity contribution in [3.63, 3.8) is 0 Å². The van der Waals surface area contributed by atoms with Crippen LogP contribution in [0.2, 0.25) is 0 Å². The maximum Gasteiger partial charge on any atom is 0.156 e. The van der Waals surface area contributed by atoms with Crippen molar-refractivity contribution in [3.8, 4) is 0 Å². The Balaban J connectivity index is 2.09. The highest BCUT2D eigenvalue weighted by Crippen LogP contribution is 2.13. The molecule has 1 aliphatic rings. The van der Waals surface area contributed by atoms with Crippen LogP contribution in [0.15, 0.2) is 41.4 Å². The molecule has 2 heterocycles. The first-order valence-electron chi connectivity index (χ1n) is 5.28. The standard InChI is InChI=1S/C12H12N4/c13-11-7-3-6-10(14-11)12-15-8-4-1-2-5-9(8)16-12/h1-6,11H,7,13H2,(H,15,16). The zero-order valence-corrected chi connectivity index (χ0v) is 8.72. The first-order valence-corrected chi connectivity index (χ1v) is 5.28. The van der Waals surface area contributed by atoms with Crippen LogP contribution in [0.3, 0.4) is 0 Å². The normalized spacial score (nSPS) is 20.1. The van der Waals surface area contributed by atoms with Crippen molar-refractivity contribution >= 4 is 16.7 Å². The number of hydrogen-bond acceptors (Lipinski definition) is 3. The summed E-state index contributed by atoms with van der Waals surface area (Å²) in [6.45, 7) is 0. The molecular formula is C12H12N4. The van der Waals surface area contributed by atoms with Crippen molar-refractivity contribution in [3.05, 3.63) is 42.2 Å². The molecule has 1 aromatic heterocycles. The van der Waals surface area contributed by atoms with E-state index >= 15 is 0 Å². The van der Waals surface area contributed by atoms with Gasteiger partial charge in [-0.05, 0) is 18.2 Å². The summed E-state index contributed by atoms with van der Waals surface area (Å²) >= 11 is 0. The number of hydrogen-bond donors (Lipinski definition) is 2. The second-order valence-corrected chi connectivity index (χ2v) is 3.82. The zero-order chi connectivity index (χ0) is 11.0. The fraction of sp³-hybridized carbons (Fsp3) is 0.167. The number of H-pyrrole nitrogens is 1. The maximum absolute atomic E-state index is 5.78. The molecular weight excluding hydrogens is 200 g/mol. The van der Waals surface area contributed by atoms with Crippen LogP contribution in [0.5, 0.6) is 0 Å². The van der Waals surface area contributed by atoms with Crippen molar-refractivity contribution in [2.75, 3.05) is 0 Å². The Morgan fingerprint density at radius 3 is 3.00 bits per heavy atom. The lowest BCUT2D eigenvalue weighted by atomic mass is 10.2. The Bertz CT molecular complexity index is 546. The van der Waals surface area contributed by atoms with E-state index in [-0.39, 0.29) is 6.17 Å². The number of benzene rings is 1. The van der Waals surface area contributed by atoms with E-state index in [9.17, 15) is 0 Å². The van der Waals surface area contributed by atoms with Gasteiger partial charge in [0.15, 0.2) is 5.82 Å². The van der Waals surface area contributed by atoms with Gasteiger partial charge in [0.05, 0.1) is 11.0 Å². The summed E-state index contributed by atoms with van der Waals surface area (Å²) in [4.78, 5) is 12.1. The highest BCUT2D eigenvalue weighted by atomic mass is 15.0. The molecule has 0 amide bonds. The van der Waals surface area contributed by atoms with Crippen LogP contribution in [0, 0.1) is 0 Å². The number of aromatic nitrogens is 2. The van der Waals surface area contributed by atoms with Gasteiger partial charge in [0.1, 0.15) is 11.9 Å². The fourth-order valence-electron chi connectivity index (χ4n) is 1.81. The average Bonchev–Trinajstić information content (AvgIpc) is 2.72. The van der Waals surface area contributed by atoms with Crippen molar-refractivity contribution in [1.29, 1.82) is 0 Å². The number of nitrogens with two attached hydrogens (primary N) is 1. The van der Waals surface area contributed by atoms with Gasteiger partial charge < -0.3 is 10.7 Å². The maximum atomic E-state index is 5.78. The first kappa shape index (κ1) is 9.30. The Labute approximate surface area is 92.9 Å². The number of aliphatic imine (C=N–C) groups is 1. The second-order valence-electron chi connectivity index (χ2n) is 3.82. The van der Waals surface area contributed by atoms with Crippen LogP contribution in [0.4, 0.5) is 0 Å². The molecule has 1 aromatic carbocycles. The number of allylic oxidation sites excluding steroid dienone is 1. The van der Waals surface area contributed by atoms with Gasteiger partial charge in [-0.25, -0.2) is 4.98 Å². The molecule has 4 heteroatoms. The molecule has 0 saturated heterocycles. The van der Waals surface area contributed by atoms with Gasteiger partial charge in [-0.2, -0.15) is 0 Å². The van der Waals surface area contributed by atoms with Crippen LogP contribution in [0.25, 0.3) is 11.0 Å². The average molecular weight is 212 g/mol. The van der Waals surface area contributed by atoms with Crippen LogP contribution >= 0.6 is 0 Å². The summed E-state index contributed by atoms with van der Waals surface area (Å²) in [6, 6.07) is 7.92. The molecule has 0 saturated carbocycles. The van der Waals surface area contributed by atoms with Crippen molar-refractivity contribution in [2.45, 2.75) is 12.6 Å². The molecule has 80 valence electrons. The largest absolute Gasteiger partial charge is 0.337 e. The molecule has 0 fully saturated rings. The SMILES string of the molecule is NC1CC=CC(c2nc3ccccc3[nH]2)=N1. The number of fused-ring (bicyclic) bond motifs is 1. The summed E-state index contributed by atoms with van der Waals surface area (Å²) in [5.74, 6) is 0.785. The number of aromatic amines is 1. The second kappa shape index (κ2) is 3.57. The number of nitrogens with one attached hydrogen (secondary N) is 1. The lowest BCUT2D eigenvalue weighted by molar-refractivity contribution is 0.716. The minimum absolute atomic E-state index is 0.145. The highest BCUT2D eigenvalue weighted by molar-refractivity contribution is 6.08. The summed E-state index contributed by atoms with van der Waals surface area (Å²) in [7, 11) is 0. The van der Waals surface area contributed by atoms with Gasteiger partial charge in [-0.1, -0.05) is 18.2 Å². The van der Waals surface area contributed by atoms with Gasteiger partial charge in [0.2, 0.25) is 0 Å². The van der Waals surface area contributed by atoms with E-state index in [1.54, 1.807) is 0 Å². The lowest BCUT2D eigenvalue weighted by Crippen LogP contribution is -2.21. The molecule has 0 aliphatic carbocycles. The first-order chi connectivity index (χ1) is 7.83. The van der Waals surface area contributed by atoms with Crippen molar-refractivity contribution in [2.24, 2.45) is 10.7 Å².